The third-order valence-corrected chi connectivity index (χ3v) is 5.31. The van der Waals surface area contributed by atoms with E-state index in [2.05, 4.69) is 5.32 Å². The Balaban J connectivity index is 1.65. The first kappa shape index (κ1) is 13.5. The Morgan fingerprint density at radius 3 is 2.60 bits per heavy atom. The molecule has 4 atom stereocenters. The second kappa shape index (κ2) is 4.55. The Morgan fingerprint density at radius 1 is 1.40 bits per heavy atom. The second-order valence-corrected chi connectivity index (χ2v) is 6.18. The first-order valence-corrected chi connectivity index (χ1v) is 7.29. The molecule has 2 N–H and O–H groups in total. The minimum atomic E-state index is -0.894. The van der Waals surface area contributed by atoms with Gasteiger partial charge in [-0.05, 0) is 38.6 Å². The Hall–Kier alpha value is -1.43. The molecule has 20 heavy (non-hydrogen) atoms. The number of carbonyl (C=O) groups excluding carboxylic acids is 2. The fourth-order valence-corrected chi connectivity index (χ4v) is 3.94. The number of likely N-dealkylation sites (N-methyl/N-ethyl adjacent to an activating group) is 1. The van der Waals surface area contributed by atoms with E-state index < -0.39 is 11.5 Å². The number of carboxylic acid groups (broad SMARTS) is 1. The van der Waals surface area contributed by atoms with Crippen LogP contribution in [0.2, 0.25) is 0 Å². The van der Waals surface area contributed by atoms with Crippen LogP contribution in [0.1, 0.15) is 32.1 Å². The van der Waals surface area contributed by atoms with Crippen LogP contribution in [0.3, 0.4) is 0 Å². The molecule has 0 aromatic carbocycles. The van der Waals surface area contributed by atoms with E-state index >= 15 is 0 Å². The number of hydrogen-bond acceptors (Lipinski definition) is 4. The van der Waals surface area contributed by atoms with Crippen LogP contribution in [0, 0.1) is 17.8 Å². The molecular weight excluding hydrogens is 260 g/mol. The Morgan fingerprint density at radius 2 is 2.05 bits per heavy atom. The maximum Gasteiger partial charge on any atom is 0.324 e. The number of likely N-dealkylation sites (tertiary alicyclic amines) is 1. The predicted octanol–water partition coefficient (Wildman–Crippen LogP) is 0.224. The maximum atomic E-state index is 11.9. The minimum Gasteiger partial charge on any atom is -0.480 e. The highest BCUT2D eigenvalue weighted by atomic mass is 16.4. The molecular formula is C14H20N2O4. The molecule has 4 unspecified atom stereocenters. The lowest BCUT2D eigenvalue weighted by molar-refractivity contribution is -0.146. The van der Waals surface area contributed by atoms with Crippen molar-refractivity contribution in [1.29, 1.82) is 0 Å². The maximum absolute atomic E-state index is 11.9. The summed E-state index contributed by atoms with van der Waals surface area (Å²) in [4.78, 5) is 36.7. The molecule has 0 spiro atoms. The number of hydrogen-bond donors (Lipinski definition) is 2. The number of aliphatic carboxylic acids is 1. The highest BCUT2D eigenvalue weighted by Gasteiger charge is 2.59. The van der Waals surface area contributed by atoms with E-state index in [4.69, 9.17) is 0 Å². The summed E-state index contributed by atoms with van der Waals surface area (Å²) < 4.78 is 0. The number of nitrogens with one attached hydrogen (secondary N) is 1. The molecule has 1 saturated heterocycles. The van der Waals surface area contributed by atoms with E-state index in [-0.39, 0.29) is 29.6 Å². The summed E-state index contributed by atoms with van der Waals surface area (Å²) in [5, 5.41) is 12.4. The van der Waals surface area contributed by atoms with Crippen molar-refractivity contribution in [2.24, 2.45) is 17.8 Å². The van der Waals surface area contributed by atoms with Gasteiger partial charge in [0.1, 0.15) is 5.54 Å². The van der Waals surface area contributed by atoms with Crippen molar-refractivity contribution in [2.45, 2.75) is 37.6 Å². The van der Waals surface area contributed by atoms with E-state index in [1.54, 1.807) is 7.05 Å². The predicted molar refractivity (Wildman–Crippen MR) is 69.7 cm³/mol. The summed E-state index contributed by atoms with van der Waals surface area (Å²) in [5.74, 6) is -1.10. The van der Waals surface area contributed by atoms with Crippen LogP contribution in [0.25, 0.3) is 0 Å². The lowest BCUT2D eigenvalue weighted by Crippen LogP contribution is -2.53. The standard InChI is InChI=1S/C14H20N2O4/c1-15-14(13(19)20)5-2-3-8(14)4-6-16-11(17)9-7-10(9)12(16)18/h8-10,15H,2-7H2,1H3,(H,19,20). The van der Waals surface area contributed by atoms with Crippen molar-refractivity contribution in [1.82, 2.24) is 10.2 Å². The smallest absolute Gasteiger partial charge is 0.324 e. The summed E-state index contributed by atoms with van der Waals surface area (Å²) in [5.41, 5.74) is -0.894. The van der Waals surface area contributed by atoms with Crippen molar-refractivity contribution in [3.05, 3.63) is 0 Å². The van der Waals surface area contributed by atoms with Gasteiger partial charge in [0.15, 0.2) is 0 Å². The quantitative estimate of drug-likeness (QED) is 0.704. The zero-order valence-electron chi connectivity index (χ0n) is 11.6. The van der Waals surface area contributed by atoms with Crippen LogP contribution in [0.5, 0.6) is 0 Å². The molecule has 2 aliphatic carbocycles. The second-order valence-electron chi connectivity index (χ2n) is 6.18. The Labute approximate surface area is 117 Å². The number of nitrogens with zero attached hydrogens (tertiary/aromatic N) is 1. The summed E-state index contributed by atoms with van der Waals surface area (Å²) in [7, 11) is 1.67. The number of carboxylic acids is 1. The monoisotopic (exact) mass is 280 g/mol. The van der Waals surface area contributed by atoms with Crippen LogP contribution in [0.4, 0.5) is 0 Å². The third-order valence-electron chi connectivity index (χ3n) is 5.31. The van der Waals surface area contributed by atoms with Gasteiger partial charge in [-0.15, -0.1) is 0 Å². The molecule has 1 heterocycles. The summed E-state index contributed by atoms with van der Waals surface area (Å²) in [6, 6.07) is 0. The van der Waals surface area contributed by atoms with Gasteiger partial charge >= 0.3 is 5.97 Å². The molecule has 2 amide bonds. The highest BCUT2D eigenvalue weighted by Crippen LogP contribution is 2.47. The van der Waals surface area contributed by atoms with E-state index in [9.17, 15) is 19.5 Å². The van der Waals surface area contributed by atoms with Gasteiger partial charge in [-0.25, -0.2) is 0 Å². The largest absolute Gasteiger partial charge is 0.480 e. The van der Waals surface area contributed by atoms with Gasteiger partial charge in [0.05, 0.1) is 11.8 Å². The van der Waals surface area contributed by atoms with Gasteiger partial charge in [-0.2, -0.15) is 0 Å². The average molecular weight is 280 g/mol. The van der Waals surface area contributed by atoms with E-state index in [1.165, 1.54) is 4.90 Å². The molecule has 3 rings (SSSR count). The molecule has 0 aromatic rings. The van der Waals surface area contributed by atoms with Gasteiger partial charge in [0.2, 0.25) is 11.8 Å². The lowest BCUT2D eigenvalue weighted by Gasteiger charge is -2.32. The van der Waals surface area contributed by atoms with Crippen molar-refractivity contribution >= 4 is 17.8 Å². The summed E-state index contributed by atoms with van der Waals surface area (Å²) in [6.45, 7) is 0.367. The molecule has 6 nitrogen and oxygen atoms in total. The normalized spacial score (nSPS) is 39.2. The fraction of sp³-hybridized carbons (Fsp3) is 0.786. The van der Waals surface area contributed by atoms with Crippen molar-refractivity contribution in [3.8, 4) is 0 Å². The number of amides is 2. The first-order valence-electron chi connectivity index (χ1n) is 7.29. The molecule has 3 fully saturated rings. The molecule has 2 saturated carbocycles. The number of rotatable bonds is 5. The van der Waals surface area contributed by atoms with Gasteiger partial charge in [0.25, 0.3) is 0 Å². The molecule has 0 radical (unpaired) electrons. The van der Waals surface area contributed by atoms with Crippen molar-refractivity contribution < 1.29 is 19.5 Å². The van der Waals surface area contributed by atoms with E-state index in [1.807, 2.05) is 0 Å². The lowest BCUT2D eigenvalue weighted by atomic mass is 9.84. The number of fused-ring (bicyclic) bond motifs is 1. The van der Waals surface area contributed by atoms with E-state index in [0.29, 0.717) is 25.8 Å². The third kappa shape index (κ3) is 1.78. The molecule has 0 aromatic heterocycles. The van der Waals surface area contributed by atoms with Gasteiger partial charge < -0.3 is 10.4 Å². The van der Waals surface area contributed by atoms with Gasteiger partial charge in [-0.3, -0.25) is 19.3 Å². The van der Waals surface area contributed by atoms with Crippen LogP contribution >= 0.6 is 0 Å². The molecule has 110 valence electrons. The average Bonchev–Trinajstić information content (AvgIpc) is 3.05. The molecule has 3 aliphatic rings. The van der Waals surface area contributed by atoms with Crippen LogP contribution in [-0.2, 0) is 14.4 Å². The molecule has 1 aliphatic heterocycles. The van der Waals surface area contributed by atoms with Crippen molar-refractivity contribution in [2.75, 3.05) is 13.6 Å². The number of carbonyl (C=O) groups is 3. The SMILES string of the molecule is CNC1(C(=O)O)CCCC1CCN1C(=O)C2CC2C1=O. The van der Waals surface area contributed by atoms with Crippen LogP contribution in [0.15, 0.2) is 0 Å². The number of imide groups is 1. The fourth-order valence-electron chi connectivity index (χ4n) is 3.94. The zero-order chi connectivity index (χ0) is 14.5. The van der Waals surface area contributed by atoms with Crippen LogP contribution in [-0.4, -0.2) is 46.9 Å². The molecule has 6 heteroatoms. The van der Waals surface area contributed by atoms with Crippen LogP contribution < -0.4 is 5.32 Å². The van der Waals surface area contributed by atoms with Gasteiger partial charge in [0, 0.05) is 6.54 Å². The highest BCUT2D eigenvalue weighted by molar-refractivity contribution is 6.08. The molecule has 0 bridgehead atoms. The summed E-state index contributed by atoms with van der Waals surface area (Å²) in [6.07, 6.45) is 3.59. The topological polar surface area (TPSA) is 86.7 Å². The number of piperidine rings is 1. The zero-order valence-corrected chi connectivity index (χ0v) is 11.6. The summed E-state index contributed by atoms with van der Waals surface area (Å²) >= 11 is 0. The van der Waals surface area contributed by atoms with Gasteiger partial charge in [-0.1, -0.05) is 6.42 Å². The van der Waals surface area contributed by atoms with E-state index in [0.717, 1.165) is 12.8 Å². The van der Waals surface area contributed by atoms with Crippen molar-refractivity contribution in [3.63, 3.8) is 0 Å². The Bertz CT molecular complexity index is 458. The Kier molecular flexibility index (Phi) is 3.08. The first-order chi connectivity index (χ1) is 9.51. The minimum absolute atomic E-state index is 0.0254.